The average Bonchev–Trinajstić information content (AvgIpc) is 3.35. The van der Waals surface area contributed by atoms with Crippen molar-refractivity contribution in [2.24, 2.45) is 0 Å². The van der Waals surface area contributed by atoms with Crippen LogP contribution in [0.5, 0.6) is 0 Å². The normalized spacial score (nSPS) is 20.1. The molecule has 0 spiro atoms. The van der Waals surface area contributed by atoms with Gasteiger partial charge in [-0.2, -0.15) is 0 Å². The molecular formula is C31H39FN6O4. The minimum atomic E-state index is -0.844. The van der Waals surface area contributed by atoms with Crippen LogP contribution >= 0.6 is 0 Å². The topological polar surface area (TPSA) is 104 Å². The van der Waals surface area contributed by atoms with E-state index in [0.29, 0.717) is 65.2 Å². The second kappa shape index (κ2) is 11.2. The zero-order valence-corrected chi connectivity index (χ0v) is 24.8. The molecule has 0 radical (unpaired) electrons. The number of alkyl halides is 1. The molecule has 42 heavy (non-hydrogen) atoms. The van der Waals surface area contributed by atoms with Crippen molar-refractivity contribution < 1.29 is 23.5 Å². The van der Waals surface area contributed by atoms with Crippen LogP contribution in [0.4, 0.5) is 14.0 Å². The number of nitrogens with zero attached hydrogens (tertiary/aromatic N) is 5. The van der Waals surface area contributed by atoms with E-state index in [1.165, 1.54) is 0 Å². The van der Waals surface area contributed by atoms with Crippen molar-refractivity contribution in [3.05, 3.63) is 46.8 Å². The van der Waals surface area contributed by atoms with Crippen molar-refractivity contribution in [2.45, 2.75) is 71.3 Å². The number of carbonyl (C=O) groups is 2. The molecular weight excluding hydrogens is 539 g/mol. The molecule has 6 rings (SSSR count). The fraction of sp³-hybridized carbons (Fsp3) is 0.548. The van der Waals surface area contributed by atoms with Crippen molar-refractivity contribution in [1.29, 1.82) is 0 Å². The summed E-state index contributed by atoms with van der Waals surface area (Å²) in [5.74, 6) is 0. The molecule has 2 aromatic heterocycles. The number of nitrogens with one attached hydrogen (secondary N) is 1. The number of benzene rings is 1. The van der Waals surface area contributed by atoms with Crippen LogP contribution in [0.1, 0.15) is 61.9 Å². The first-order chi connectivity index (χ1) is 20.1. The second-order valence-electron chi connectivity index (χ2n) is 12.5. The number of urea groups is 1. The molecule has 2 fully saturated rings. The summed E-state index contributed by atoms with van der Waals surface area (Å²) in [5.41, 5.74) is 6.60. The average molecular weight is 579 g/mol. The van der Waals surface area contributed by atoms with E-state index < -0.39 is 23.9 Å². The van der Waals surface area contributed by atoms with Gasteiger partial charge in [0.05, 0.1) is 31.1 Å². The predicted molar refractivity (Wildman–Crippen MR) is 156 cm³/mol. The van der Waals surface area contributed by atoms with Gasteiger partial charge < -0.3 is 24.3 Å². The Balaban J connectivity index is 1.40. The number of morpholine rings is 1. The van der Waals surface area contributed by atoms with Gasteiger partial charge in [-0.05, 0) is 81.3 Å². The summed E-state index contributed by atoms with van der Waals surface area (Å²) in [6.45, 7) is 10.5. The highest BCUT2D eigenvalue weighted by molar-refractivity contribution is 5.79. The number of H-pyrrole nitrogens is 1. The molecule has 3 aliphatic heterocycles. The maximum atomic E-state index is 13.8. The fourth-order valence-electron chi connectivity index (χ4n) is 6.10. The number of carbonyl (C=O) groups excluding carboxylic acids is 2. The summed E-state index contributed by atoms with van der Waals surface area (Å²) < 4.78 is 25.5. The van der Waals surface area contributed by atoms with Crippen molar-refractivity contribution in [3.63, 3.8) is 0 Å². The first-order valence-electron chi connectivity index (χ1n) is 14.8. The number of aryl methyl sites for hydroxylation is 1. The van der Waals surface area contributed by atoms with E-state index in [4.69, 9.17) is 14.5 Å². The predicted octanol–water partition coefficient (Wildman–Crippen LogP) is 5.15. The Kier molecular flexibility index (Phi) is 7.55. The van der Waals surface area contributed by atoms with Gasteiger partial charge in [0.25, 0.3) is 0 Å². The quantitative estimate of drug-likeness (QED) is 0.451. The van der Waals surface area contributed by atoms with Crippen LogP contribution in [0.15, 0.2) is 24.5 Å². The van der Waals surface area contributed by atoms with E-state index in [0.717, 1.165) is 44.7 Å². The van der Waals surface area contributed by atoms with Gasteiger partial charge in [0.2, 0.25) is 0 Å². The molecule has 0 saturated carbocycles. The van der Waals surface area contributed by atoms with Crippen LogP contribution in [0.2, 0.25) is 0 Å². The lowest BCUT2D eigenvalue weighted by molar-refractivity contribution is -0.0334. The Morgan fingerprint density at radius 3 is 2.67 bits per heavy atom. The van der Waals surface area contributed by atoms with Gasteiger partial charge in [-0.3, -0.25) is 4.90 Å². The highest BCUT2D eigenvalue weighted by Gasteiger charge is 2.36. The van der Waals surface area contributed by atoms with Gasteiger partial charge >= 0.3 is 12.1 Å². The van der Waals surface area contributed by atoms with Gasteiger partial charge in [-0.1, -0.05) is 0 Å². The number of fused-ring (bicyclic) bond motifs is 2. The molecule has 1 aromatic carbocycles. The zero-order chi connectivity index (χ0) is 29.6. The highest BCUT2D eigenvalue weighted by Crippen LogP contribution is 2.37. The van der Waals surface area contributed by atoms with E-state index in [-0.39, 0.29) is 6.03 Å². The molecule has 1 atom stereocenters. The van der Waals surface area contributed by atoms with Crippen molar-refractivity contribution in [1.82, 2.24) is 29.7 Å². The summed E-state index contributed by atoms with van der Waals surface area (Å²) in [6.07, 6.45) is 3.83. The Labute approximate surface area is 245 Å². The third-order valence-corrected chi connectivity index (χ3v) is 8.33. The Bertz CT molecular complexity index is 1490. The standard InChI is InChI=1S/C31H39FN6O4/c1-19-15-33-28-27(19)35-25(16-34-28)21-13-20-5-8-37(29(39)36-9-6-22(32)7-10-36)17-24(20)23(14-21)26-18-41-12-11-38(26)30(40)42-31(2,3)4/h13-16,22,26H,5-12,17-18H2,1-4H3,(H,33,34). The number of halogens is 1. The second-order valence-corrected chi connectivity index (χ2v) is 12.5. The van der Waals surface area contributed by atoms with Crippen molar-refractivity contribution >= 4 is 23.3 Å². The lowest BCUT2D eigenvalue weighted by Crippen LogP contribution is -2.49. The Morgan fingerprint density at radius 1 is 1.12 bits per heavy atom. The van der Waals surface area contributed by atoms with Crippen LogP contribution in [0.25, 0.3) is 22.4 Å². The molecule has 0 bridgehead atoms. The van der Waals surface area contributed by atoms with E-state index in [1.54, 1.807) is 16.0 Å². The molecule has 224 valence electrons. The number of hydrogen-bond acceptors (Lipinski definition) is 6. The van der Waals surface area contributed by atoms with Gasteiger partial charge in [-0.15, -0.1) is 0 Å². The molecule has 11 heteroatoms. The van der Waals surface area contributed by atoms with E-state index in [1.807, 2.05) is 38.8 Å². The first kappa shape index (κ1) is 28.4. The number of aromatic nitrogens is 3. The summed E-state index contributed by atoms with van der Waals surface area (Å²) in [5, 5.41) is 0. The number of aromatic amines is 1. The van der Waals surface area contributed by atoms with Crippen LogP contribution < -0.4 is 0 Å². The fourth-order valence-corrected chi connectivity index (χ4v) is 6.10. The SMILES string of the molecule is Cc1c[nH]c2ncc(-c3cc4c(c(C5COCCN5C(=O)OC(C)(C)C)c3)CN(C(=O)N3CCC(F)CC3)CC4)nc12. The van der Waals surface area contributed by atoms with Crippen LogP contribution in [-0.4, -0.2) is 92.9 Å². The van der Waals surface area contributed by atoms with Gasteiger partial charge in [-0.25, -0.2) is 23.9 Å². The van der Waals surface area contributed by atoms with Gasteiger partial charge in [0.15, 0.2) is 5.65 Å². The third-order valence-electron chi connectivity index (χ3n) is 8.33. The number of likely N-dealkylation sites (tertiary alicyclic amines) is 1. The number of piperidine rings is 1. The minimum Gasteiger partial charge on any atom is -0.444 e. The lowest BCUT2D eigenvalue weighted by atomic mass is 9.87. The van der Waals surface area contributed by atoms with Gasteiger partial charge in [0.1, 0.15) is 17.3 Å². The number of rotatable bonds is 2. The number of ether oxygens (including phenoxy) is 2. The number of amides is 3. The highest BCUT2D eigenvalue weighted by atomic mass is 19.1. The Morgan fingerprint density at radius 2 is 1.90 bits per heavy atom. The molecule has 5 heterocycles. The summed E-state index contributed by atoms with van der Waals surface area (Å²) in [4.78, 5) is 44.9. The van der Waals surface area contributed by atoms with Crippen molar-refractivity contribution in [3.8, 4) is 11.3 Å². The van der Waals surface area contributed by atoms with Crippen LogP contribution in [0.3, 0.4) is 0 Å². The van der Waals surface area contributed by atoms with Gasteiger partial charge in [0, 0.05) is 44.5 Å². The molecule has 1 N–H and O–H groups in total. The first-order valence-corrected chi connectivity index (χ1v) is 14.8. The summed E-state index contributed by atoms with van der Waals surface area (Å²) >= 11 is 0. The molecule has 2 saturated heterocycles. The molecule has 1 unspecified atom stereocenters. The third kappa shape index (κ3) is 5.66. The smallest absolute Gasteiger partial charge is 0.410 e. The van der Waals surface area contributed by atoms with E-state index in [2.05, 4.69) is 22.1 Å². The largest absolute Gasteiger partial charge is 0.444 e. The minimum absolute atomic E-state index is 0.0641. The Hall–Kier alpha value is -3.73. The monoisotopic (exact) mass is 578 g/mol. The summed E-state index contributed by atoms with van der Waals surface area (Å²) in [6, 6.07) is 3.74. The molecule has 3 amide bonds. The van der Waals surface area contributed by atoms with Crippen LogP contribution in [0, 0.1) is 6.92 Å². The molecule has 0 aliphatic carbocycles. The van der Waals surface area contributed by atoms with E-state index in [9.17, 15) is 14.0 Å². The summed E-state index contributed by atoms with van der Waals surface area (Å²) in [7, 11) is 0. The molecule has 10 nitrogen and oxygen atoms in total. The molecule has 3 aromatic rings. The maximum Gasteiger partial charge on any atom is 0.410 e. The lowest BCUT2D eigenvalue weighted by Gasteiger charge is -2.40. The van der Waals surface area contributed by atoms with E-state index >= 15 is 0 Å². The molecule has 3 aliphatic rings. The maximum absolute atomic E-state index is 13.8. The number of hydrogen-bond donors (Lipinski definition) is 1. The zero-order valence-electron chi connectivity index (χ0n) is 24.8. The van der Waals surface area contributed by atoms with Crippen molar-refractivity contribution in [2.75, 3.05) is 39.4 Å². The van der Waals surface area contributed by atoms with Crippen LogP contribution in [-0.2, 0) is 22.4 Å².